The summed E-state index contributed by atoms with van der Waals surface area (Å²) < 4.78 is 37.5. The molecule has 2 nitrogen and oxygen atoms in total. The predicted molar refractivity (Wildman–Crippen MR) is 68.6 cm³/mol. The Labute approximate surface area is 119 Å². The third-order valence-corrected chi connectivity index (χ3v) is 3.15. The third-order valence-electron chi connectivity index (χ3n) is 2.79. The summed E-state index contributed by atoms with van der Waals surface area (Å²) in [5.41, 5.74) is -1.91. The Kier molecular flexibility index (Phi) is 4.81. The molecule has 0 atom stereocenters. The molecule has 1 aromatic rings. The summed E-state index contributed by atoms with van der Waals surface area (Å²) in [6.07, 6.45) is -3.00. The van der Waals surface area contributed by atoms with E-state index in [1.807, 2.05) is 12.1 Å². The van der Waals surface area contributed by atoms with Crippen LogP contribution in [0.25, 0.3) is 0 Å². The summed E-state index contributed by atoms with van der Waals surface area (Å²) in [4.78, 5) is 0. The lowest BCUT2D eigenvalue weighted by molar-refractivity contribution is -0.137. The molecule has 0 aromatic heterocycles. The molecule has 0 saturated carbocycles. The van der Waals surface area contributed by atoms with Gasteiger partial charge in [-0.05, 0) is 24.1 Å². The summed E-state index contributed by atoms with van der Waals surface area (Å²) in [7, 11) is 0. The first kappa shape index (κ1) is 16.1. The van der Waals surface area contributed by atoms with Gasteiger partial charge in [-0.1, -0.05) is 23.7 Å². The first-order chi connectivity index (χ1) is 9.28. The van der Waals surface area contributed by atoms with E-state index in [1.54, 1.807) is 0 Å². The summed E-state index contributed by atoms with van der Waals surface area (Å²) in [5, 5.41) is 18.1. The van der Waals surface area contributed by atoms with Crippen molar-refractivity contribution in [3.05, 3.63) is 47.0 Å². The predicted octanol–water partition coefficient (Wildman–Crippen LogP) is 4.51. The lowest BCUT2D eigenvalue weighted by Crippen LogP contribution is -2.19. The van der Waals surface area contributed by atoms with Crippen LogP contribution in [0.5, 0.6) is 0 Å². The number of hydrogen-bond donors (Lipinski definition) is 0. The van der Waals surface area contributed by atoms with E-state index < -0.39 is 17.2 Å². The highest BCUT2D eigenvalue weighted by Crippen LogP contribution is 2.35. The van der Waals surface area contributed by atoms with Gasteiger partial charge in [0.2, 0.25) is 0 Å². The Morgan fingerprint density at radius 3 is 2.25 bits per heavy atom. The minimum absolute atomic E-state index is 0.0526. The number of nitrogens with zero attached hydrogens (tertiary/aromatic N) is 2. The van der Waals surface area contributed by atoms with E-state index in [9.17, 15) is 13.2 Å². The van der Waals surface area contributed by atoms with Gasteiger partial charge >= 0.3 is 6.18 Å². The first-order valence-corrected chi connectivity index (χ1v) is 5.95. The molecule has 0 bridgehead atoms. The van der Waals surface area contributed by atoms with Gasteiger partial charge < -0.3 is 0 Å². The van der Waals surface area contributed by atoms with Crippen molar-refractivity contribution in [2.75, 3.05) is 0 Å². The number of halogens is 4. The number of rotatable bonds is 4. The topological polar surface area (TPSA) is 47.6 Å². The maximum Gasteiger partial charge on any atom is 0.416 e. The zero-order chi connectivity index (χ0) is 15.4. The molecule has 0 unspecified atom stereocenters. The fourth-order valence-corrected chi connectivity index (χ4v) is 1.95. The van der Waals surface area contributed by atoms with E-state index in [2.05, 4.69) is 6.58 Å². The highest BCUT2D eigenvalue weighted by molar-refractivity contribution is 6.31. The summed E-state index contributed by atoms with van der Waals surface area (Å²) >= 11 is 5.81. The quantitative estimate of drug-likeness (QED) is 0.768. The molecule has 0 fully saturated rings. The highest BCUT2D eigenvalue weighted by atomic mass is 35.5. The molecule has 0 aliphatic rings. The second-order valence-electron chi connectivity index (χ2n) is 4.28. The van der Waals surface area contributed by atoms with Crippen LogP contribution >= 0.6 is 11.6 Å². The normalized spacial score (nSPS) is 11.5. The van der Waals surface area contributed by atoms with Crippen molar-refractivity contribution < 1.29 is 13.2 Å². The van der Waals surface area contributed by atoms with E-state index in [0.717, 1.165) is 12.1 Å². The van der Waals surface area contributed by atoms with Crippen molar-refractivity contribution in [2.24, 2.45) is 5.41 Å². The molecule has 0 aliphatic heterocycles. The maximum absolute atomic E-state index is 12.5. The largest absolute Gasteiger partial charge is 0.416 e. The fraction of sp³-hybridized carbons (Fsp3) is 0.286. The van der Waals surface area contributed by atoms with Crippen molar-refractivity contribution in [3.8, 4) is 12.1 Å². The van der Waals surface area contributed by atoms with Crippen LogP contribution in [0.2, 0.25) is 5.02 Å². The van der Waals surface area contributed by atoms with Gasteiger partial charge in [0.25, 0.3) is 0 Å². The number of hydrogen-bond acceptors (Lipinski definition) is 2. The Morgan fingerprint density at radius 2 is 1.85 bits per heavy atom. The zero-order valence-corrected chi connectivity index (χ0v) is 11.1. The fourth-order valence-electron chi connectivity index (χ4n) is 1.71. The van der Waals surface area contributed by atoms with E-state index in [4.69, 9.17) is 22.1 Å². The maximum atomic E-state index is 12.5. The van der Waals surface area contributed by atoms with Crippen LogP contribution in [-0.2, 0) is 12.6 Å². The second kappa shape index (κ2) is 5.98. The van der Waals surface area contributed by atoms with E-state index >= 15 is 0 Å². The lowest BCUT2D eigenvalue weighted by Gasteiger charge is -2.18. The molecule has 0 radical (unpaired) electrons. The number of allylic oxidation sites excluding steroid dienone is 1. The molecule has 0 aliphatic carbocycles. The summed E-state index contributed by atoms with van der Waals surface area (Å²) in [6, 6.07) is 6.62. The van der Waals surface area contributed by atoms with Gasteiger partial charge in [-0.2, -0.15) is 23.7 Å². The molecule has 104 valence electrons. The van der Waals surface area contributed by atoms with Crippen molar-refractivity contribution in [1.29, 1.82) is 10.5 Å². The van der Waals surface area contributed by atoms with Crippen molar-refractivity contribution in [2.45, 2.75) is 19.0 Å². The van der Waals surface area contributed by atoms with Crippen LogP contribution < -0.4 is 0 Å². The van der Waals surface area contributed by atoms with Gasteiger partial charge in [0.05, 0.1) is 17.7 Å². The Morgan fingerprint density at radius 1 is 1.25 bits per heavy atom. The standard InChI is InChI=1S/C14H10ClF3N2/c1-2-5-13(8-19,9-20)7-10-3-4-11(6-12(10)15)14(16,17)18/h2-4,6H,1,5,7H2. The summed E-state index contributed by atoms with van der Waals surface area (Å²) in [6.45, 7) is 3.47. The second-order valence-corrected chi connectivity index (χ2v) is 4.69. The lowest BCUT2D eigenvalue weighted by atomic mass is 9.81. The van der Waals surface area contributed by atoms with Crippen LogP contribution in [0.3, 0.4) is 0 Å². The van der Waals surface area contributed by atoms with Crippen molar-refractivity contribution in [3.63, 3.8) is 0 Å². The Hall–Kier alpha value is -1.98. The zero-order valence-electron chi connectivity index (χ0n) is 10.3. The molecule has 0 spiro atoms. The van der Waals surface area contributed by atoms with Gasteiger partial charge in [0.1, 0.15) is 0 Å². The van der Waals surface area contributed by atoms with E-state index in [0.29, 0.717) is 5.56 Å². The Bertz CT molecular complexity index is 580. The van der Waals surface area contributed by atoms with Crippen LogP contribution in [0.1, 0.15) is 17.5 Å². The molecule has 0 heterocycles. The molecular weight excluding hydrogens is 289 g/mol. The SMILES string of the molecule is C=CCC(C#N)(C#N)Cc1ccc(C(F)(F)F)cc1Cl. The van der Waals surface area contributed by atoms with Crippen molar-refractivity contribution >= 4 is 11.6 Å². The van der Waals surface area contributed by atoms with E-state index in [-0.39, 0.29) is 17.9 Å². The first-order valence-electron chi connectivity index (χ1n) is 5.57. The van der Waals surface area contributed by atoms with Gasteiger partial charge in [-0.3, -0.25) is 0 Å². The number of nitriles is 2. The molecular formula is C14H10ClF3N2. The molecule has 0 saturated heterocycles. The van der Waals surface area contributed by atoms with Gasteiger partial charge in [-0.15, -0.1) is 6.58 Å². The van der Waals surface area contributed by atoms with Gasteiger partial charge in [0.15, 0.2) is 5.41 Å². The molecule has 0 N–H and O–H groups in total. The van der Waals surface area contributed by atoms with Gasteiger partial charge in [0, 0.05) is 11.4 Å². The molecule has 1 rings (SSSR count). The minimum atomic E-state index is -4.48. The average molecular weight is 299 g/mol. The molecule has 0 amide bonds. The number of benzene rings is 1. The number of alkyl halides is 3. The van der Waals surface area contributed by atoms with Crippen molar-refractivity contribution in [1.82, 2.24) is 0 Å². The monoisotopic (exact) mass is 298 g/mol. The summed E-state index contributed by atoms with van der Waals surface area (Å²) in [5.74, 6) is 0. The van der Waals surface area contributed by atoms with Crippen LogP contribution in [0.4, 0.5) is 13.2 Å². The average Bonchev–Trinajstić information content (AvgIpc) is 2.39. The minimum Gasteiger partial charge on any atom is -0.197 e. The van der Waals surface area contributed by atoms with Crippen LogP contribution in [0.15, 0.2) is 30.9 Å². The van der Waals surface area contributed by atoms with Crippen LogP contribution in [-0.4, -0.2) is 0 Å². The molecule has 20 heavy (non-hydrogen) atoms. The van der Waals surface area contributed by atoms with E-state index in [1.165, 1.54) is 12.1 Å². The Balaban J connectivity index is 3.14. The highest BCUT2D eigenvalue weighted by Gasteiger charge is 2.33. The smallest absolute Gasteiger partial charge is 0.197 e. The third kappa shape index (κ3) is 3.53. The van der Waals surface area contributed by atoms with Gasteiger partial charge in [-0.25, -0.2) is 0 Å². The van der Waals surface area contributed by atoms with Crippen LogP contribution in [0, 0.1) is 28.1 Å². The molecule has 6 heteroatoms. The molecule has 1 aromatic carbocycles.